The molecule has 0 aliphatic carbocycles. The Bertz CT molecular complexity index is 510. The Labute approximate surface area is 121 Å². The van der Waals surface area contributed by atoms with Crippen LogP contribution in [0.25, 0.3) is 0 Å². The Balaban J connectivity index is 2.62. The fourth-order valence-corrected chi connectivity index (χ4v) is 3.40. The number of hydrogen-bond acceptors (Lipinski definition) is 4. The molecule has 0 fully saturated rings. The molecule has 1 rings (SSSR count). The minimum Gasteiger partial charge on any atom is -0.381 e. The highest BCUT2D eigenvalue weighted by Crippen LogP contribution is 2.17. The summed E-state index contributed by atoms with van der Waals surface area (Å²) in [6.45, 7) is 6.50. The van der Waals surface area contributed by atoms with Crippen molar-refractivity contribution < 1.29 is 8.42 Å². The van der Waals surface area contributed by atoms with Crippen LogP contribution in [0.5, 0.6) is 0 Å². The van der Waals surface area contributed by atoms with Crippen molar-refractivity contribution in [1.82, 2.24) is 14.5 Å². The minimum atomic E-state index is -3.58. The molecule has 20 heavy (non-hydrogen) atoms. The zero-order valence-corrected chi connectivity index (χ0v) is 13.4. The largest absolute Gasteiger partial charge is 0.381 e. The number of hydrogen-bond donors (Lipinski definition) is 2. The van der Waals surface area contributed by atoms with Crippen molar-refractivity contribution in [3.8, 4) is 0 Å². The van der Waals surface area contributed by atoms with Crippen molar-refractivity contribution in [3.63, 3.8) is 0 Å². The molecule has 0 spiro atoms. The number of aromatic nitrogens is 2. The number of sulfonamides is 1. The van der Waals surface area contributed by atoms with Gasteiger partial charge in [0.1, 0.15) is 4.90 Å². The summed E-state index contributed by atoms with van der Waals surface area (Å²) in [7, 11) is -3.58. The molecular formula is C13H26N4O2S. The van der Waals surface area contributed by atoms with Crippen LogP contribution >= 0.6 is 0 Å². The maximum absolute atomic E-state index is 12.2. The second-order valence-corrected chi connectivity index (χ2v) is 6.79. The van der Waals surface area contributed by atoms with Gasteiger partial charge in [-0.05, 0) is 20.3 Å². The van der Waals surface area contributed by atoms with E-state index in [0.717, 1.165) is 19.3 Å². The van der Waals surface area contributed by atoms with E-state index in [-0.39, 0.29) is 16.8 Å². The second kappa shape index (κ2) is 7.64. The summed E-state index contributed by atoms with van der Waals surface area (Å²) < 4.78 is 28.7. The van der Waals surface area contributed by atoms with E-state index in [4.69, 9.17) is 5.73 Å². The molecule has 1 unspecified atom stereocenters. The summed E-state index contributed by atoms with van der Waals surface area (Å²) in [6.07, 6.45) is 6.84. The third-order valence-corrected chi connectivity index (χ3v) is 4.82. The van der Waals surface area contributed by atoms with Gasteiger partial charge in [0.05, 0.1) is 0 Å². The van der Waals surface area contributed by atoms with E-state index in [1.165, 1.54) is 23.7 Å². The van der Waals surface area contributed by atoms with Crippen LogP contribution in [-0.4, -0.2) is 24.2 Å². The second-order valence-electron chi connectivity index (χ2n) is 5.11. The Morgan fingerprint density at radius 1 is 1.35 bits per heavy atom. The summed E-state index contributed by atoms with van der Waals surface area (Å²) in [5, 5.41) is 3.96. The number of nitrogen functional groups attached to an aromatic ring is 1. The molecule has 116 valence electrons. The first-order valence-corrected chi connectivity index (χ1v) is 8.74. The van der Waals surface area contributed by atoms with Crippen LogP contribution in [0.4, 0.5) is 5.82 Å². The SMILES string of the molecule is CCCCCCC(C)NS(=O)(=O)c1cn(CC)nc1N. The molecule has 6 nitrogen and oxygen atoms in total. The maximum Gasteiger partial charge on any atom is 0.246 e. The summed E-state index contributed by atoms with van der Waals surface area (Å²) in [5.74, 6) is 0.0533. The van der Waals surface area contributed by atoms with Gasteiger partial charge in [-0.2, -0.15) is 5.10 Å². The molecular weight excluding hydrogens is 276 g/mol. The molecule has 0 amide bonds. The van der Waals surface area contributed by atoms with Gasteiger partial charge in [0, 0.05) is 18.8 Å². The van der Waals surface area contributed by atoms with Crippen LogP contribution in [0.3, 0.4) is 0 Å². The van der Waals surface area contributed by atoms with E-state index in [0.29, 0.717) is 6.54 Å². The van der Waals surface area contributed by atoms with Gasteiger partial charge >= 0.3 is 0 Å². The predicted octanol–water partition coefficient (Wildman–Crippen LogP) is 2.12. The fourth-order valence-electron chi connectivity index (χ4n) is 2.05. The lowest BCUT2D eigenvalue weighted by Gasteiger charge is -2.13. The first kappa shape index (κ1) is 17.0. The average molecular weight is 302 g/mol. The van der Waals surface area contributed by atoms with Gasteiger partial charge in [0.25, 0.3) is 0 Å². The molecule has 0 aliphatic rings. The standard InChI is InChI=1S/C13H26N4O2S/c1-4-6-7-8-9-11(3)16-20(18,19)12-10-17(5-2)15-13(12)14/h10-11,16H,4-9H2,1-3H3,(H2,14,15). The molecule has 1 aromatic heterocycles. The van der Waals surface area contributed by atoms with E-state index in [9.17, 15) is 8.42 Å². The number of aryl methyl sites for hydroxylation is 1. The monoisotopic (exact) mass is 302 g/mol. The number of unbranched alkanes of at least 4 members (excludes halogenated alkanes) is 3. The van der Waals surface area contributed by atoms with Crippen LogP contribution < -0.4 is 10.5 Å². The van der Waals surface area contributed by atoms with Crippen LogP contribution in [0.15, 0.2) is 11.1 Å². The lowest BCUT2D eigenvalue weighted by Crippen LogP contribution is -2.32. The molecule has 0 aromatic carbocycles. The highest BCUT2D eigenvalue weighted by atomic mass is 32.2. The highest BCUT2D eigenvalue weighted by Gasteiger charge is 2.22. The molecule has 0 saturated carbocycles. The zero-order valence-electron chi connectivity index (χ0n) is 12.6. The smallest absolute Gasteiger partial charge is 0.246 e. The summed E-state index contributed by atoms with van der Waals surface area (Å²) in [6, 6.07) is -0.0961. The molecule has 1 aromatic rings. The van der Waals surface area contributed by atoms with Gasteiger partial charge in [0.2, 0.25) is 10.0 Å². The maximum atomic E-state index is 12.2. The van der Waals surface area contributed by atoms with Crippen molar-refractivity contribution in [3.05, 3.63) is 6.20 Å². The van der Waals surface area contributed by atoms with Gasteiger partial charge in [-0.3, -0.25) is 4.68 Å². The quantitative estimate of drug-likeness (QED) is 0.684. The van der Waals surface area contributed by atoms with E-state index >= 15 is 0 Å². The van der Waals surface area contributed by atoms with Crippen molar-refractivity contribution in [2.75, 3.05) is 5.73 Å². The van der Waals surface area contributed by atoms with Gasteiger partial charge in [-0.15, -0.1) is 0 Å². The van der Waals surface area contributed by atoms with Crippen LogP contribution in [0.2, 0.25) is 0 Å². The van der Waals surface area contributed by atoms with Crippen LogP contribution in [0, 0.1) is 0 Å². The first-order valence-electron chi connectivity index (χ1n) is 7.26. The number of rotatable bonds is 9. The van der Waals surface area contributed by atoms with Crippen molar-refractivity contribution in [2.24, 2.45) is 0 Å². The lowest BCUT2D eigenvalue weighted by atomic mass is 10.1. The van der Waals surface area contributed by atoms with E-state index in [1.54, 1.807) is 0 Å². The summed E-state index contributed by atoms with van der Waals surface area (Å²) in [5.41, 5.74) is 5.67. The molecule has 0 radical (unpaired) electrons. The van der Waals surface area contributed by atoms with Crippen LogP contribution in [0.1, 0.15) is 52.9 Å². The normalized spacial score (nSPS) is 13.6. The predicted molar refractivity (Wildman–Crippen MR) is 80.9 cm³/mol. The van der Waals surface area contributed by atoms with Gasteiger partial charge in [0.15, 0.2) is 5.82 Å². The van der Waals surface area contributed by atoms with E-state index in [2.05, 4.69) is 16.7 Å². The molecule has 0 bridgehead atoms. The zero-order chi connectivity index (χ0) is 15.2. The van der Waals surface area contributed by atoms with Crippen molar-refractivity contribution >= 4 is 15.8 Å². The van der Waals surface area contributed by atoms with Crippen molar-refractivity contribution in [2.45, 2.75) is 70.4 Å². The molecule has 0 aliphatic heterocycles. The Hall–Kier alpha value is -1.08. The van der Waals surface area contributed by atoms with Gasteiger partial charge < -0.3 is 5.73 Å². The molecule has 3 N–H and O–H groups in total. The fraction of sp³-hybridized carbons (Fsp3) is 0.769. The molecule has 1 heterocycles. The Morgan fingerprint density at radius 3 is 2.60 bits per heavy atom. The number of nitrogens with two attached hydrogens (primary N) is 1. The van der Waals surface area contributed by atoms with Crippen molar-refractivity contribution in [1.29, 1.82) is 0 Å². The Kier molecular flexibility index (Phi) is 6.48. The molecule has 1 atom stereocenters. The third-order valence-electron chi connectivity index (χ3n) is 3.22. The van der Waals surface area contributed by atoms with Gasteiger partial charge in [-0.1, -0.05) is 32.6 Å². The molecule has 7 heteroatoms. The lowest BCUT2D eigenvalue weighted by molar-refractivity contribution is 0.522. The highest BCUT2D eigenvalue weighted by molar-refractivity contribution is 7.89. The third kappa shape index (κ3) is 4.79. The van der Waals surface area contributed by atoms with E-state index < -0.39 is 10.0 Å². The Morgan fingerprint density at radius 2 is 2.05 bits per heavy atom. The number of anilines is 1. The number of nitrogens with one attached hydrogen (secondary N) is 1. The van der Waals surface area contributed by atoms with Crippen LogP contribution in [-0.2, 0) is 16.6 Å². The minimum absolute atomic E-state index is 0.0533. The topological polar surface area (TPSA) is 90.0 Å². The summed E-state index contributed by atoms with van der Waals surface area (Å²) >= 11 is 0. The number of nitrogens with zero attached hydrogens (tertiary/aromatic N) is 2. The van der Waals surface area contributed by atoms with E-state index in [1.807, 2.05) is 13.8 Å². The summed E-state index contributed by atoms with van der Waals surface area (Å²) in [4.78, 5) is 0.0692. The first-order chi connectivity index (χ1) is 9.40. The van der Waals surface area contributed by atoms with Gasteiger partial charge in [-0.25, -0.2) is 13.1 Å². The average Bonchev–Trinajstić information content (AvgIpc) is 2.76. The molecule has 0 saturated heterocycles.